The summed E-state index contributed by atoms with van der Waals surface area (Å²) >= 11 is 2.05. The zero-order chi connectivity index (χ0) is 14.5. The lowest BCUT2D eigenvalue weighted by Gasteiger charge is -2.13. The third-order valence-corrected chi connectivity index (χ3v) is 3.75. The van der Waals surface area contributed by atoms with Gasteiger partial charge in [0.05, 0.1) is 16.4 Å². The lowest BCUT2D eigenvalue weighted by molar-refractivity contribution is -0.138. The average molecular weight is 384 g/mol. The van der Waals surface area contributed by atoms with Gasteiger partial charge < -0.3 is 9.84 Å². The van der Waals surface area contributed by atoms with Crippen LogP contribution in [0.25, 0.3) is 0 Å². The maximum absolute atomic E-state index is 11.5. The first-order valence-electron chi connectivity index (χ1n) is 5.93. The third kappa shape index (κ3) is 3.44. The number of carboxylic acid groups (broad SMARTS) is 1. The van der Waals surface area contributed by atoms with Gasteiger partial charge in [-0.2, -0.15) is 0 Å². The minimum Gasteiger partial charge on any atom is -0.497 e. The predicted octanol–water partition coefficient (Wildman–Crippen LogP) is 2.50. The number of halogens is 1. The third-order valence-electron chi connectivity index (χ3n) is 2.92. The largest absolute Gasteiger partial charge is 0.497 e. The van der Waals surface area contributed by atoms with Gasteiger partial charge in [-0.1, -0.05) is 12.1 Å². The summed E-state index contributed by atoms with van der Waals surface area (Å²) < 4.78 is 5.84. The Bertz CT molecular complexity index is 602. The zero-order valence-electron chi connectivity index (χ0n) is 10.8. The molecule has 0 bridgehead atoms. The number of methoxy groups -OCH3 is 1. The van der Waals surface area contributed by atoms with Gasteiger partial charge >= 0.3 is 5.97 Å². The molecule has 0 aliphatic carbocycles. The average Bonchev–Trinajstić information content (AvgIpc) is 2.46. The molecular weight excluding hydrogens is 371 g/mol. The molecule has 1 aromatic heterocycles. The van der Waals surface area contributed by atoms with Crippen molar-refractivity contribution in [1.29, 1.82) is 0 Å². The number of ether oxygens (including phenoxy) is 1. The molecule has 1 heterocycles. The Morgan fingerprint density at radius 1 is 1.40 bits per heavy atom. The Morgan fingerprint density at radius 3 is 2.65 bits per heavy atom. The van der Waals surface area contributed by atoms with Crippen LogP contribution in [0.15, 0.2) is 36.8 Å². The quantitative estimate of drug-likeness (QED) is 0.803. The second-order valence-corrected chi connectivity index (χ2v) is 5.36. The van der Waals surface area contributed by atoms with Gasteiger partial charge in [-0.15, -0.1) is 0 Å². The molecule has 6 heteroatoms. The topological polar surface area (TPSA) is 72.3 Å². The molecule has 0 saturated heterocycles. The first-order chi connectivity index (χ1) is 9.61. The molecule has 0 amide bonds. The number of rotatable bonds is 5. The van der Waals surface area contributed by atoms with Crippen LogP contribution in [0.1, 0.15) is 17.2 Å². The molecule has 0 spiro atoms. The fourth-order valence-corrected chi connectivity index (χ4v) is 2.55. The van der Waals surface area contributed by atoms with Gasteiger partial charge in [-0.25, -0.2) is 9.97 Å². The van der Waals surface area contributed by atoms with E-state index < -0.39 is 11.9 Å². The number of hydrogen-bond acceptors (Lipinski definition) is 4. The molecule has 0 aliphatic rings. The van der Waals surface area contributed by atoms with Crippen molar-refractivity contribution < 1.29 is 14.6 Å². The maximum atomic E-state index is 11.5. The lowest BCUT2D eigenvalue weighted by atomic mass is 9.96. The van der Waals surface area contributed by atoms with Crippen molar-refractivity contribution >= 4 is 28.6 Å². The van der Waals surface area contributed by atoms with Crippen LogP contribution in [-0.4, -0.2) is 28.2 Å². The molecule has 20 heavy (non-hydrogen) atoms. The molecule has 0 fully saturated rings. The number of aliphatic carboxylic acids is 1. The molecule has 0 radical (unpaired) electrons. The maximum Gasteiger partial charge on any atom is 0.312 e. The second-order valence-electron chi connectivity index (χ2n) is 4.20. The smallest absolute Gasteiger partial charge is 0.312 e. The van der Waals surface area contributed by atoms with Gasteiger partial charge in [0.2, 0.25) is 0 Å². The van der Waals surface area contributed by atoms with E-state index in [2.05, 4.69) is 32.6 Å². The molecule has 1 N–H and O–H groups in total. The Hall–Kier alpha value is -1.70. The van der Waals surface area contributed by atoms with Gasteiger partial charge in [0, 0.05) is 6.20 Å². The Kier molecular flexibility index (Phi) is 4.89. The van der Waals surface area contributed by atoms with Gasteiger partial charge in [-0.05, 0) is 46.7 Å². The second kappa shape index (κ2) is 6.65. The zero-order valence-corrected chi connectivity index (χ0v) is 12.9. The summed E-state index contributed by atoms with van der Waals surface area (Å²) in [5.41, 5.74) is 1.47. The van der Waals surface area contributed by atoms with Crippen molar-refractivity contribution in [2.24, 2.45) is 0 Å². The highest BCUT2D eigenvalue weighted by atomic mass is 127. The number of carbonyl (C=O) groups is 1. The number of aromatic nitrogens is 2. The molecular formula is C14H13IN2O3. The van der Waals surface area contributed by atoms with E-state index in [0.29, 0.717) is 12.1 Å². The Balaban J connectivity index is 2.26. The van der Waals surface area contributed by atoms with E-state index in [-0.39, 0.29) is 0 Å². The highest BCUT2D eigenvalue weighted by Gasteiger charge is 2.24. The van der Waals surface area contributed by atoms with Crippen LogP contribution in [-0.2, 0) is 11.2 Å². The van der Waals surface area contributed by atoms with Gasteiger partial charge in [0.25, 0.3) is 0 Å². The number of benzene rings is 1. The van der Waals surface area contributed by atoms with Crippen molar-refractivity contribution in [1.82, 2.24) is 9.97 Å². The molecule has 1 aromatic carbocycles. The summed E-state index contributed by atoms with van der Waals surface area (Å²) in [5.74, 6) is -0.826. The van der Waals surface area contributed by atoms with Gasteiger partial charge in [0.15, 0.2) is 0 Å². The van der Waals surface area contributed by atoms with Crippen LogP contribution in [0, 0.1) is 3.57 Å². The summed E-state index contributed by atoms with van der Waals surface area (Å²) in [6.45, 7) is 0. The van der Waals surface area contributed by atoms with Crippen molar-refractivity contribution in [2.45, 2.75) is 12.3 Å². The summed E-state index contributed by atoms with van der Waals surface area (Å²) in [6.07, 6.45) is 3.38. The number of hydrogen-bond donors (Lipinski definition) is 1. The van der Waals surface area contributed by atoms with E-state index in [9.17, 15) is 9.90 Å². The predicted molar refractivity (Wildman–Crippen MR) is 81.8 cm³/mol. The molecule has 1 unspecified atom stereocenters. The van der Waals surface area contributed by atoms with E-state index in [1.165, 1.54) is 6.33 Å². The van der Waals surface area contributed by atoms with Crippen LogP contribution in [0.4, 0.5) is 0 Å². The van der Waals surface area contributed by atoms with E-state index >= 15 is 0 Å². The van der Waals surface area contributed by atoms with E-state index in [1.807, 2.05) is 24.3 Å². The van der Waals surface area contributed by atoms with Crippen molar-refractivity contribution in [3.63, 3.8) is 0 Å². The number of carboxylic acids is 1. The highest BCUT2D eigenvalue weighted by molar-refractivity contribution is 14.1. The molecule has 5 nitrogen and oxygen atoms in total. The molecule has 0 aliphatic heterocycles. The normalized spacial score (nSPS) is 11.9. The molecule has 2 rings (SSSR count). The minimum absolute atomic E-state index is 0.381. The van der Waals surface area contributed by atoms with Crippen LogP contribution in [0.3, 0.4) is 0 Å². The van der Waals surface area contributed by atoms with Crippen LogP contribution < -0.4 is 4.74 Å². The van der Waals surface area contributed by atoms with E-state index in [0.717, 1.165) is 14.9 Å². The molecule has 104 valence electrons. The van der Waals surface area contributed by atoms with Gasteiger partial charge in [0.1, 0.15) is 18.0 Å². The lowest BCUT2D eigenvalue weighted by Crippen LogP contribution is -2.17. The Labute approximate surface area is 130 Å². The number of nitrogens with zero attached hydrogens (tertiary/aromatic N) is 2. The van der Waals surface area contributed by atoms with Crippen LogP contribution >= 0.6 is 22.6 Å². The fourth-order valence-electron chi connectivity index (χ4n) is 1.88. The monoisotopic (exact) mass is 384 g/mol. The standard InChI is InChI=1S/C14H13IN2O3/c1-20-10-4-2-9(3-5-10)6-11(14(18)19)13-12(15)7-16-8-17-13/h2-5,7-8,11H,6H2,1H3,(H,18,19). The van der Waals surface area contributed by atoms with Gasteiger partial charge in [-0.3, -0.25) is 4.79 Å². The van der Waals surface area contributed by atoms with E-state index in [1.54, 1.807) is 13.3 Å². The molecule has 2 aromatic rings. The Morgan fingerprint density at radius 2 is 2.10 bits per heavy atom. The highest BCUT2D eigenvalue weighted by Crippen LogP contribution is 2.24. The van der Waals surface area contributed by atoms with Crippen molar-refractivity contribution in [2.75, 3.05) is 7.11 Å². The SMILES string of the molecule is COc1ccc(CC(C(=O)O)c2ncncc2I)cc1. The summed E-state index contributed by atoms with van der Waals surface area (Å²) in [7, 11) is 1.60. The van der Waals surface area contributed by atoms with E-state index in [4.69, 9.17) is 4.74 Å². The minimum atomic E-state index is -0.891. The summed E-state index contributed by atoms with van der Waals surface area (Å²) in [5, 5.41) is 9.42. The fraction of sp³-hybridized carbons (Fsp3) is 0.214. The molecule has 0 saturated carbocycles. The first-order valence-corrected chi connectivity index (χ1v) is 7.01. The summed E-state index contributed by atoms with van der Waals surface area (Å²) in [4.78, 5) is 19.5. The van der Waals surface area contributed by atoms with Crippen molar-refractivity contribution in [3.8, 4) is 5.75 Å². The molecule has 1 atom stereocenters. The summed E-state index contributed by atoms with van der Waals surface area (Å²) in [6, 6.07) is 7.37. The first kappa shape index (κ1) is 14.7. The van der Waals surface area contributed by atoms with Crippen molar-refractivity contribution in [3.05, 3.63) is 51.6 Å². The van der Waals surface area contributed by atoms with Crippen LogP contribution in [0.5, 0.6) is 5.75 Å². The van der Waals surface area contributed by atoms with Crippen LogP contribution in [0.2, 0.25) is 0 Å².